The van der Waals surface area contributed by atoms with E-state index in [1.54, 1.807) is 6.07 Å². The van der Waals surface area contributed by atoms with Crippen LogP contribution in [0.2, 0.25) is 0 Å². The third kappa shape index (κ3) is 3.63. The van der Waals surface area contributed by atoms with Crippen LogP contribution in [0, 0.1) is 0 Å². The number of nitrogens with zero attached hydrogens (tertiary/aromatic N) is 2. The minimum atomic E-state index is -4.68. The van der Waals surface area contributed by atoms with Crippen LogP contribution in [0.25, 0.3) is 10.9 Å². The van der Waals surface area contributed by atoms with Gasteiger partial charge >= 0.3 is 6.18 Å². The number of piperidine rings is 1. The van der Waals surface area contributed by atoms with E-state index in [0.29, 0.717) is 19.4 Å². The normalized spacial score (nSPS) is 18.0. The van der Waals surface area contributed by atoms with Gasteiger partial charge in [0.2, 0.25) is 5.91 Å². The van der Waals surface area contributed by atoms with E-state index >= 15 is 0 Å². The molecule has 1 aromatic heterocycles. The number of alkyl halides is 3. The molecule has 1 atom stereocenters. The van der Waals surface area contributed by atoms with Crippen molar-refractivity contribution in [3.8, 4) is 0 Å². The Morgan fingerprint density at radius 3 is 2.69 bits per heavy atom. The molecule has 1 saturated heterocycles. The van der Waals surface area contributed by atoms with Gasteiger partial charge in [-0.2, -0.15) is 13.2 Å². The maximum Gasteiger partial charge on any atom is 0.417 e. The molecule has 0 aliphatic carbocycles. The molecule has 1 N–H and O–H groups in total. The van der Waals surface area contributed by atoms with E-state index in [9.17, 15) is 22.8 Å². The van der Waals surface area contributed by atoms with Gasteiger partial charge in [-0.05, 0) is 18.9 Å². The zero-order chi connectivity index (χ0) is 18.9. The highest BCUT2D eigenvalue weighted by Crippen LogP contribution is 2.37. The highest BCUT2D eigenvalue weighted by atomic mass is 19.4. The Hall–Kier alpha value is -2.64. The Balaban J connectivity index is 1.99. The maximum atomic E-state index is 13.7. The van der Waals surface area contributed by atoms with Gasteiger partial charge in [-0.15, -0.1) is 0 Å². The Labute approximate surface area is 148 Å². The first kappa shape index (κ1) is 18.2. The number of halogens is 3. The predicted octanol–water partition coefficient (Wildman–Crippen LogP) is 2.99. The Bertz CT molecular complexity index is 851. The molecule has 2 heterocycles. The number of aromatic nitrogens is 1. The van der Waals surface area contributed by atoms with Crippen molar-refractivity contribution in [2.45, 2.75) is 32.0 Å². The Morgan fingerprint density at radius 2 is 2.00 bits per heavy atom. The SMILES string of the molecule is CC(=O)NC1CCCN(C(=O)c2cnc3ccccc3c2C(F)(F)F)C1. The maximum absolute atomic E-state index is 13.7. The molecule has 1 unspecified atom stereocenters. The number of likely N-dealkylation sites (tertiary alicyclic amines) is 1. The summed E-state index contributed by atoms with van der Waals surface area (Å²) in [5.74, 6) is -0.946. The van der Waals surface area contributed by atoms with Gasteiger partial charge in [0.05, 0.1) is 16.6 Å². The van der Waals surface area contributed by atoms with E-state index in [-0.39, 0.29) is 29.4 Å². The number of hydrogen-bond donors (Lipinski definition) is 1. The molecule has 26 heavy (non-hydrogen) atoms. The number of amides is 2. The van der Waals surface area contributed by atoms with E-state index in [0.717, 1.165) is 6.20 Å². The lowest BCUT2D eigenvalue weighted by Crippen LogP contribution is -2.49. The zero-order valence-corrected chi connectivity index (χ0v) is 14.1. The Morgan fingerprint density at radius 1 is 1.27 bits per heavy atom. The van der Waals surface area contributed by atoms with E-state index in [2.05, 4.69) is 10.3 Å². The van der Waals surface area contributed by atoms with Gasteiger partial charge in [0.1, 0.15) is 0 Å². The minimum absolute atomic E-state index is 0.0960. The van der Waals surface area contributed by atoms with Crippen LogP contribution in [0.4, 0.5) is 13.2 Å². The van der Waals surface area contributed by atoms with Crippen LogP contribution in [-0.2, 0) is 11.0 Å². The van der Waals surface area contributed by atoms with Crippen molar-refractivity contribution in [1.82, 2.24) is 15.2 Å². The summed E-state index contributed by atoms with van der Waals surface area (Å²) in [5, 5.41) is 2.63. The predicted molar refractivity (Wildman–Crippen MR) is 89.5 cm³/mol. The van der Waals surface area contributed by atoms with Crippen molar-refractivity contribution in [2.75, 3.05) is 13.1 Å². The number of benzene rings is 1. The molecule has 0 bridgehead atoms. The van der Waals surface area contributed by atoms with Crippen molar-refractivity contribution in [3.63, 3.8) is 0 Å². The van der Waals surface area contributed by atoms with Crippen molar-refractivity contribution < 1.29 is 22.8 Å². The molecule has 0 radical (unpaired) electrons. The summed E-state index contributed by atoms with van der Waals surface area (Å²) in [6.07, 6.45) is -2.39. The third-order valence-electron chi connectivity index (χ3n) is 4.41. The average molecular weight is 365 g/mol. The fourth-order valence-electron chi connectivity index (χ4n) is 3.35. The minimum Gasteiger partial charge on any atom is -0.352 e. The number of para-hydroxylation sites is 1. The molecule has 2 amide bonds. The molecule has 1 aliphatic rings. The van der Waals surface area contributed by atoms with Gasteiger partial charge in [-0.25, -0.2) is 0 Å². The molecule has 1 aliphatic heterocycles. The lowest BCUT2D eigenvalue weighted by Gasteiger charge is -2.33. The van der Waals surface area contributed by atoms with Crippen LogP contribution >= 0.6 is 0 Å². The van der Waals surface area contributed by atoms with Crippen LogP contribution in [-0.4, -0.2) is 40.8 Å². The van der Waals surface area contributed by atoms with Gasteiger partial charge < -0.3 is 10.2 Å². The molecular formula is C18H18F3N3O2. The van der Waals surface area contributed by atoms with Crippen LogP contribution < -0.4 is 5.32 Å². The fraction of sp³-hybridized carbons (Fsp3) is 0.389. The molecule has 1 aromatic carbocycles. The second kappa shape index (κ2) is 6.93. The fourth-order valence-corrected chi connectivity index (χ4v) is 3.35. The molecule has 3 rings (SSSR count). The van der Waals surface area contributed by atoms with E-state index < -0.39 is 23.2 Å². The van der Waals surface area contributed by atoms with Gasteiger partial charge in [0.25, 0.3) is 5.91 Å². The van der Waals surface area contributed by atoms with Crippen molar-refractivity contribution in [1.29, 1.82) is 0 Å². The summed E-state index contributed by atoms with van der Waals surface area (Å²) in [6, 6.07) is 5.62. The number of pyridine rings is 1. The van der Waals surface area contributed by atoms with E-state index in [4.69, 9.17) is 0 Å². The molecule has 0 saturated carbocycles. The highest BCUT2D eigenvalue weighted by molar-refractivity contribution is 6.00. The summed E-state index contributed by atoms with van der Waals surface area (Å²) in [7, 11) is 0. The Kier molecular flexibility index (Phi) is 4.84. The zero-order valence-electron chi connectivity index (χ0n) is 14.1. The summed E-state index contributed by atoms with van der Waals surface area (Å²) in [5.41, 5.74) is -1.24. The van der Waals surface area contributed by atoms with Crippen LogP contribution in [0.15, 0.2) is 30.5 Å². The molecular weight excluding hydrogens is 347 g/mol. The van der Waals surface area contributed by atoms with Crippen molar-refractivity contribution >= 4 is 22.7 Å². The second-order valence-electron chi connectivity index (χ2n) is 6.35. The highest BCUT2D eigenvalue weighted by Gasteiger charge is 2.39. The number of rotatable bonds is 2. The van der Waals surface area contributed by atoms with Gasteiger partial charge in [-0.3, -0.25) is 14.6 Å². The third-order valence-corrected chi connectivity index (χ3v) is 4.41. The second-order valence-corrected chi connectivity index (χ2v) is 6.35. The molecule has 0 spiro atoms. The molecule has 2 aromatic rings. The largest absolute Gasteiger partial charge is 0.417 e. The number of fused-ring (bicyclic) bond motifs is 1. The summed E-state index contributed by atoms with van der Waals surface area (Å²) in [6.45, 7) is 1.90. The van der Waals surface area contributed by atoms with Crippen molar-refractivity contribution in [3.05, 3.63) is 41.6 Å². The molecule has 8 heteroatoms. The van der Waals surface area contributed by atoms with Crippen LogP contribution in [0.1, 0.15) is 35.7 Å². The van der Waals surface area contributed by atoms with Gasteiger partial charge in [0, 0.05) is 37.6 Å². The standard InChI is InChI=1S/C18H18F3N3O2/c1-11(25)23-12-5-4-8-24(10-12)17(26)14-9-22-15-7-3-2-6-13(15)16(14)18(19,20)21/h2-3,6-7,9,12H,4-5,8,10H2,1H3,(H,23,25). The average Bonchev–Trinajstić information content (AvgIpc) is 2.59. The summed E-state index contributed by atoms with van der Waals surface area (Å²) < 4.78 is 41.1. The monoisotopic (exact) mass is 365 g/mol. The number of hydrogen-bond acceptors (Lipinski definition) is 3. The van der Waals surface area contributed by atoms with E-state index in [1.807, 2.05) is 0 Å². The lowest BCUT2D eigenvalue weighted by atomic mass is 10.00. The first-order valence-electron chi connectivity index (χ1n) is 8.28. The van der Waals surface area contributed by atoms with Gasteiger partial charge in [0.15, 0.2) is 0 Å². The number of carbonyl (C=O) groups is 2. The molecule has 1 fully saturated rings. The topological polar surface area (TPSA) is 62.3 Å². The first-order chi connectivity index (χ1) is 12.3. The molecule has 138 valence electrons. The number of carbonyl (C=O) groups excluding carboxylic acids is 2. The molecule has 5 nitrogen and oxygen atoms in total. The lowest BCUT2D eigenvalue weighted by molar-refractivity contribution is -0.136. The van der Waals surface area contributed by atoms with Crippen LogP contribution in [0.5, 0.6) is 0 Å². The van der Waals surface area contributed by atoms with Gasteiger partial charge in [-0.1, -0.05) is 18.2 Å². The quantitative estimate of drug-likeness (QED) is 0.890. The first-order valence-corrected chi connectivity index (χ1v) is 8.28. The van der Waals surface area contributed by atoms with Crippen molar-refractivity contribution in [2.24, 2.45) is 0 Å². The number of nitrogens with one attached hydrogen (secondary N) is 1. The summed E-state index contributed by atoms with van der Waals surface area (Å²) >= 11 is 0. The summed E-state index contributed by atoms with van der Waals surface area (Å²) in [4.78, 5) is 29.4. The van der Waals surface area contributed by atoms with E-state index in [1.165, 1.54) is 30.0 Å². The van der Waals surface area contributed by atoms with Crippen LogP contribution in [0.3, 0.4) is 0 Å². The smallest absolute Gasteiger partial charge is 0.352 e.